The first-order valence-electron chi connectivity index (χ1n) is 13.1. The van der Waals surface area contributed by atoms with Gasteiger partial charge in [-0.3, -0.25) is 9.69 Å². The number of carbonyl (C=O) groups is 1. The molecule has 1 saturated carbocycles. The molecule has 1 saturated heterocycles. The number of aryl methyl sites for hydroxylation is 1. The number of aromatic hydroxyl groups is 1. The number of benzene rings is 2. The molecule has 1 N–H and O–H groups in total. The molecule has 0 unspecified atom stereocenters. The predicted octanol–water partition coefficient (Wildman–Crippen LogP) is 8.23. The van der Waals surface area contributed by atoms with Gasteiger partial charge in [-0.2, -0.15) is 0 Å². The summed E-state index contributed by atoms with van der Waals surface area (Å²) in [4.78, 5) is 21.4. The molecule has 1 aliphatic heterocycles. The maximum absolute atomic E-state index is 13.8. The summed E-state index contributed by atoms with van der Waals surface area (Å²) in [5.41, 5.74) is 4.35. The molecule has 4 rings (SSSR count). The molecular weight excluding hydrogens is 464 g/mol. The van der Waals surface area contributed by atoms with Crippen LogP contribution in [0.1, 0.15) is 95.9 Å². The number of carbonyl (C=O) groups excluding carboxylic acids is 1. The third-order valence-electron chi connectivity index (χ3n) is 7.08. The Morgan fingerprint density at radius 2 is 1.50 bits per heavy atom. The van der Waals surface area contributed by atoms with Crippen molar-refractivity contribution in [3.63, 3.8) is 0 Å². The molecule has 2 aromatic rings. The lowest BCUT2D eigenvalue weighted by Crippen LogP contribution is -2.40. The van der Waals surface area contributed by atoms with Gasteiger partial charge in [-0.05, 0) is 78.3 Å². The molecule has 2 fully saturated rings. The van der Waals surface area contributed by atoms with E-state index in [2.05, 4.69) is 60.6 Å². The van der Waals surface area contributed by atoms with Crippen LogP contribution in [0, 0.1) is 6.92 Å². The van der Waals surface area contributed by atoms with Crippen molar-refractivity contribution in [2.24, 2.45) is 4.99 Å². The first-order chi connectivity index (χ1) is 16.8. The molecule has 0 spiro atoms. The number of amidine groups is 1. The summed E-state index contributed by atoms with van der Waals surface area (Å²) in [5, 5.41) is 11.9. The highest BCUT2D eigenvalue weighted by Gasteiger charge is 2.39. The fourth-order valence-corrected chi connectivity index (χ4v) is 6.05. The number of phenolic OH excluding ortho intramolecular Hbond substituents is 1. The molecule has 2 aromatic carbocycles. The quantitative estimate of drug-likeness (QED) is 0.428. The number of hydrogen-bond donors (Lipinski definition) is 1. The summed E-state index contributed by atoms with van der Waals surface area (Å²) < 4.78 is 0. The summed E-state index contributed by atoms with van der Waals surface area (Å²) in [5.74, 6) is 0.397. The molecule has 0 radical (unpaired) electrons. The third kappa shape index (κ3) is 5.72. The van der Waals surface area contributed by atoms with E-state index >= 15 is 0 Å². The van der Waals surface area contributed by atoms with Crippen LogP contribution in [-0.4, -0.2) is 27.1 Å². The number of hydrogen-bond acceptors (Lipinski definition) is 4. The normalized spacial score (nSPS) is 20.1. The number of rotatable bonds is 3. The van der Waals surface area contributed by atoms with Crippen LogP contribution >= 0.6 is 11.8 Å². The Labute approximate surface area is 220 Å². The molecule has 0 bridgehead atoms. The van der Waals surface area contributed by atoms with Gasteiger partial charge in [0.1, 0.15) is 5.75 Å². The highest BCUT2D eigenvalue weighted by Crippen LogP contribution is 2.42. The van der Waals surface area contributed by atoms with E-state index in [4.69, 9.17) is 4.99 Å². The Bertz CT molecular complexity index is 1160. The molecule has 1 aliphatic carbocycles. The van der Waals surface area contributed by atoms with Gasteiger partial charge in [-0.1, -0.05) is 78.5 Å². The van der Waals surface area contributed by atoms with Crippen molar-refractivity contribution in [3.05, 3.63) is 63.6 Å². The number of thioether (sulfide) groups is 1. The largest absolute Gasteiger partial charge is 0.507 e. The average Bonchev–Trinajstić information content (AvgIpc) is 3.09. The maximum Gasteiger partial charge on any atom is 0.267 e. The van der Waals surface area contributed by atoms with Gasteiger partial charge in [0.05, 0.1) is 10.6 Å². The van der Waals surface area contributed by atoms with Crippen LogP contribution in [0.25, 0.3) is 6.08 Å². The van der Waals surface area contributed by atoms with E-state index in [1.165, 1.54) is 23.7 Å². The Kier molecular flexibility index (Phi) is 7.43. The first kappa shape index (κ1) is 26.5. The molecule has 1 heterocycles. The van der Waals surface area contributed by atoms with Crippen LogP contribution in [0.15, 0.2) is 46.3 Å². The summed E-state index contributed by atoms with van der Waals surface area (Å²) in [6.07, 6.45) is 7.57. The van der Waals surface area contributed by atoms with E-state index in [0.717, 1.165) is 53.2 Å². The van der Waals surface area contributed by atoms with E-state index in [1.54, 1.807) is 0 Å². The lowest BCUT2D eigenvalue weighted by molar-refractivity contribution is -0.124. The van der Waals surface area contributed by atoms with E-state index in [0.29, 0.717) is 10.7 Å². The second-order valence-electron chi connectivity index (χ2n) is 12.3. The topological polar surface area (TPSA) is 52.9 Å². The monoisotopic (exact) mass is 504 g/mol. The molecule has 36 heavy (non-hydrogen) atoms. The summed E-state index contributed by atoms with van der Waals surface area (Å²) >= 11 is 1.47. The second-order valence-corrected chi connectivity index (χ2v) is 13.3. The Hall–Kier alpha value is -2.53. The van der Waals surface area contributed by atoms with E-state index in [-0.39, 0.29) is 22.8 Å². The highest BCUT2D eigenvalue weighted by molar-refractivity contribution is 8.18. The van der Waals surface area contributed by atoms with E-state index < -0.39 is 0 Å². The summed E-state index contributed by atoms with van der Waals surface area (Å²) in [6.45, 7) is 14.7. The zero-order valence-corrected chi connectivity index (χ0v) is 23.6. The maximum atomic E-state index is 13.8. The van der Waals surface area contributed by atoms with Gasteiger partial charge in [0, 0.05) is 17.2 Å². The minimum Gasteiger partial charge on any atom is -0.507 e. The van der Waals surface area contributed by atoms with Gasteiger partial charge in [0.15, 0.2) is 5.17 Å². The lowest BCUT2D eigenvalue weighted by atomic mass is 9.78. The number of phenols is 1. The summed E-state index contributed by atoms with van der Waals surface area (Å²) in [7, 11) is 0. The van der Waals surface area contributed by atoms with Crippen LogP contribution in [0.3, 0.4) is 0 Å². The molecule has 2 aliphatic rings. The van der Waals surface area contributed by atoms with Crippen LogP contribution < -0.4 is 0 Å². The molecule has 0 aromatic heterocycles. The second kappa shape index (κ2) is 10.1. The fraction of sp³-hybridized carbons (Fsp3) is 0.484. The molecule has 1 amide bonds. The Balaban J connectivity index is 1.79. The highest BCUT2D eigenvalue weighted by atomic mass is 32.2. The fourth-order valence-electron chi connectivity index (χ4n) is 4.99. The summed E-state index contributed by atoms with van der Waals surface area (Å²) in [6, 6.07) is 12.4. The van der Waals surface area contributed by atoms with Gasteiger partial charge in [0.25, 0.3) is 5.91 Å². The van der Waals surface area contributed by atoms with Gasteiger partial charge < -0.3 is 5.11 Å². The SMILES string of the molecule is Cc1ccc(N=C2S/C(=C/c3cc(C(C)(C)C)c(O)c(C(C)(C)C)c3)C(=O)N2C2CCCCC2)cc1. The Morgan fingerprint density at radius 3 is 2.03 bits per heavy atom. The first-order valence-corrected chi connectivity index (χ1v) is 13.9. The van der Waals surface area contributed by atoms with Crippen molar-refractivity contribution in [1.82, 2.24) is 4.90 Å². The van der Waals surface area contributed by atoms with E-state index in [9.17, 15) is 9.90 Å². The van der Waals surface area contributed by atoms with E-state index in [1.807, 2.05) is 35.2 Å². The molecular formula is C31H40N2O2S. The molecule has 4 nitrogen and oxygen atoms in total. The standard InChI is InChI=1S/C31H40N2O2S/c1-20-13-15-22(16-14-20)32-29-33(23-11-9-8-10-12-23)28(35)26(36-29)19-21-17-24(30(2,3)4)27(34)25(18-21)31(5,6)7/h13-19,23,34H,8-12H2,1-7H3/b26-19+,32-29?. The number of amides is 1. The number of nitrogens with zero attached hydrogens (tertiary/aromatic N) is 2. The smallest absolute Gasteiger partial charge is 0.267 e. The predicted molar refractivity (Wildman–Crippen MR) is 153 cm³/mol. The van der Waals surface area contributed by atoms with Crippen LogP contribution in [-0.2, 0) is 15.6 Å². The van der Waals surface area contributed by atoms with Gasteiger partial charge in [-0.15, -0.1) is 0 Å². The van der Waals surface area contributed by atoms with Crippen molar-refractivity contribution in [1.29, 1.82) is 0 Å². The van der Waals surface area contributed by atoms with Crippen LogP contribution in [0.4, 0.5) is 5.69 Å². The van der Waals surface area contributed by atoms with Crippen molar-refractivity contribution in [2.45, 2.75) is 97.4 Å². The van der Waals surface area contributed by atoms with Crippen LogP contribution in [0.5, 0.6) is 5.75 Å². The third-order valence-corrected chi connectivity index (χ3v) is 8.06. The zero-order chi connectivity index (χ0) is 26.3. The number of aliphatic imine (C=N–C) groups is 1. The van der Waals surface area contributed by atoms with Crippen molar-refractivity contribution < 1.29 is 9.90 Å². The van der Waals surface area contributed by atoms with Gasteiger partial charge in [-0.25, -0.2) is 4.99 Å². The van der Waals surface area contributed by atoms with Crippen molar-refractivity contribution in [2.75, 3.05) is 0 Å². The molecule has 192 valence electrons. The van der Waals surface area contributed by atoms with Gasteiger partial charge >= 0.3 is 0 Å². The molecule has 5 heteroatoms. The minimum absolute atomic E-state index is 0.0421. The van der Waals surface area contributed by atoms with Crippen LogP contribution in [0.2, 0.25) is 0 Å². The van der Waals surface area contributed by atoms with Crippen molar-refractivity contribution in [3.8, 4) is 5.75 Å². The zero-order valence-electron chi connectivity index (χ0n) is 22.8. The average molecular weight is 505 g/mol. The lowest BCUT2D eigenvalue weighted by Gasteiger charge is -2.30. The minimum atomic E-state index is -0.225. The van der Waals surface area contributed by atoms with Crippen molar-refractivity contribution >= 4 is 34.6 Å². The Morgan fingerprint density at radius 1 is 0.944 bits per heavy atom. The van der Waals surface area contributed by atoms with Gasteiger partial charge in [0.2, 0.25) is 0 Å². The molecule has 0 atom stereocenters.